The summed E-state index contributed by atoms with van der Waals surface area (Å²) in [7, 11) is 0. The molecular weight excluding hydrogens is 317 g/mol. The zero-order chi connectivity index (χ0) is 17.6. The highest BCUT2D eigenvalue weighted by atomic mass is 19.1. The standard InChI is InChI=1S/C19H26FN5/c1-3-4-9-21-18-14-15(2)22-19(23-18)25-12-10-24(11-13-25)17-8-6-5-7-16(17)20/h5-8,14H,3-4,9-13H2,1-2H3,(H,21,22,23). The quantitative estimate of drug-likeness (QED) is 0.814. The average molecular weight is 343 g/mol. The van der Waals surface area contributed by atoms with Crippen LogP contribution in [0.15, 0.2) is 30.3 Å². The van der Waals surface area contributed by atoms with E-state index in [9.17, 15) is 4.39 Å². The van der Waals surface area contributed by atoms with Crippen molar-refractivity contribution >= 4 is 17.5 Å². The molecule has 1 saturated heterocycles. The predicted octanol–water partition coefficient (Wildman–Crippen LogP) is 3.46. The third kappa shape index (κ3) is 4.38. The van der Waals surface area contributed by atoms with Crippen LogP contribution in [0.5, 0.6) is 0 Å². The number of hydrogen-bond acceptors (Lipinski definition) is 5. The van der Waals surface area contributed by atoms with Gasteiger partial charge in [0.25, 0.3) is 0 Å². The van der Waals surface area contributed by atoms with E-state index >= 15 is 0 Å². The van der Waals surface area contributed by atoms with Gasteiger partial charge in [-0.2, -0.15) is 4.98 Å². The van der Waals surface area contributed by atoms with Crippen molar-refractivity contribution in [3.63, 3.8) is 0 Å². The highest BCUT2D eigenvalue weighted by Gasteiger charge is 2.21. The molecule has 1 aromatic heterocycles. The summed E-state index contributed by atoms with van der Waals surface area (Å²) < 4.78 is 14.0. The van der Waals surface area contributed by atoms with Crippen LogP contribution in [0.25, 0.3) is 0 Å². The lowest BCUT2D eigenvalue weighted by atomic mass is 10.2. The van der Waals surface area contributed by atoms with Crippen LogP contribution < -0.4 is 15.1 Å². The normalized spacial score (nSPS) is 14.7. The number of aromatic nitrogens is 2. The van der Waals surface area contributed by atoms with Crippen molar-refractivity contribution in [3.8, 4) is 0 Å². The first-order valence-corrected chi connectivity index (χ1v) is 9.01. The van der Waals surface area contributed by atoms with Gasteiger partial charge in [-0.3, -0.25) is 0 Å². The maximum absolute atomic E-state index is 14.0. The van der Waals surface area contributed by atoms with E-state index in [0.29, 0.717) is 5.69 Å². The van der Waals surface area contributed by atoms with Crippen LogP contribution in [0.2, 0.25) is 0 Å². The maximum Gasteiger partial charge on any atom is 0.227 e. The Labute approximate surface area is 148 Å². The van der Waals surface area contributed by atoms with E-state index in [1.165, 1.54) is 6.07 Å². The SMILES string of the molecule is CCCCNc1cc(C)nc(N2CCN(c3ccccc3F)CC2)n1. The predicted molar refractivity (Wildman–Crippen MR) is 101 cm³/mol. The van der Waals surface area contributed by atoms with Crippen LogP contribution in [0.4, 0.5) is 21.8 Å². The van der Waals surface area contributed by atoms with Crippen LogP contribution in [-0.2, 0) is 0 Å². The number of para-hydroxylation sites is 1. The molecule has 1 aromatic carbocycles. The lowest BCUT2D eigenvalue weighted by molar-refractivity contribution is 0.594. The summed E-state index contributed by atoms with van der Waals surface area (Å²) in [5.74, 6) is 1.48. The van der Waals surface area contributed by atoms with Crippen molar-refractivity contribution < 1.29 is 4.39 Å². The summed E-state index contributed by atoms with van der Waals surface area (Å²) in [4.78, 5) is 13.5. The molecule has 0 radical (unpaired) electrons. The molecule has 1 aliphatic heterocycles. The highest BCUT2D eigenvalue weighted by Crippen LogP contribution is 2.22. The summed E-state index contributed by atoms with van der Waals surface area (Å²) in [5, 5.41) is 3.37. The first-order chi connectivity index (χ1) is 12.2. The molecular formula is C19H26FN5. The van der Waals surface area contributed by atoms with Gasteiger partial charge in [0, 0.05) is 44.5 Å². The van der Waals surface area contributed by atoms with Gasteiger partial charge in [-0.1, -0.05) is 25.5 Å². The zero-order valence-corrected chi connectivity index (χ0v) is 15.0. The third-order valence-corrected chi connectivity index (χ3v) is 4.43. The van der Waals surface area contributed by atoms with Crippen LogP contribution in [0, 0.1) is 12.7 Å². The number of halogens is 1. The van der Waals surface area contributed by atoms with Crippen molar-refractivity contribution in [2.45, 2.75) is 26.7 Å². The number of nitrogens with one attached hydrogen (secondary N) is 1. The van der Waals surface area contributed by atoms with E-state index in [4.69, 9.17) is 0 Å². The van der Waals surface area contributed by atoms with Crippen molar-refractivity contribution in [2.75, 3.05) is 47.8 Å². The average Bonchev–Trinajstić information content (AvgIpc) is 2.62. The van der Waals surface area contributed by atoms with Gasteiger partial charge < -0.3 is 15.1 Å². The van der Waals surface area contributed by atoms with Crippen molar-refractivity contribution in [3.05, 3.63) is 41.8 Å². The van der Waals surface area contributed by atoms with Gasteiger partial charge >= 0.3 is 0 Å². The van der Waals surface area contributed by atoms with Crippen LogP contribution in [0.3, 0.4) is 0 Å². The molecule has 5 nitrogen and oxygen atoms in total. The van der Waals surface area contributed by atoms with E-state index in [1.807, 2.05) is 25.1 Å². The van der Waals surface area contributed by atoms with Crippen LogP contribution >= 0.6 is 0 Å². The largest absolute Gasteiger partial charge is 0.370 e. The summed E-state index contributed by atoms with van der Waals surface area (Å²) in [5.41, 5.74) is 1.63. The van der Waals surface area contributed by atoms with E-state index < -0.39 is 0 Å². The van der Waals surface area contributed by atoms with Gasteiger partial charge in [-0.05, 0) is 25.5 Å². The minimum absolute atomic E-state index is 0.162. The lowest BCUT2D eigenvalue weighted by Crippen LogP contribution is -2.47. The number of anilines is 3. The third-order valence-electron chi connectivity index (χ3n) is 4.43. The van der Waals surface area contributed by atoms with Gasteiger partial charge in [0.2, 0.25) is 5.95 Å². The Morgan fingerprint density at radius 2 is 1.80 bits per heavy atom. The summed E-state index contributed by atoms with van der Waals surface area (Å²) in [6.45, 7) is 8.18. The van der Waals surface area contributed by atoms with Crippen LogP contribution in [0.1, 0.15) is 25.5 Å². The molecule has 6 heteroatoms. The monoisotopic (exact) mass is 343 g/mol. The van der Waals surface area contributed by atoms with Crippen molar-refractivity contribution in [1.82, 2.24) is 9.97 Å². The lowest BCUT2D eigenvalue weighted by Gasteiger charge is -2.36. The van der Waals surface area contributed by atoms with E-state index in [-0.39, 0.29) is 5.82 Å². The molecule has 0 spiro atoms. The second kappa shape index (κ2) is 8.14. The number of hydrogen-bond donors (Lipinski definition) is 1. The molecule has 134 valence electrons. The Balaban J connectivity index is 1.65. The first kappa shape index (κ1) is 17.5. The number of nitrogens with zero attached hydrogens (tertiary/aromatic N) is 4. The summed E-state index contributed by atoms with van der Waals surface area (Å²) in [6, 6.07) is 8.93. The fraction of sp³-hybridized carbons (Fsp3) is 0.474. The van der Waals surface area contributed by atoms with Gasteiger partial charge in [-0.25, -0.2) is 9.37 Å². The topological polar surface area (TPSA) is 44.3 Å². The number of aryl methyl sites for hydroxylation is 1. The summed E-state index contributed by atoms with van der Waals surface area (Å²) in [6.07, 6.45) is 2.28. The molecule has 2 heterocycles. The van der Waals surface area contributed by atoms with Crippen LogP contribution in [-0.4, -0.2) is 42.7 Å². The number of benzene rings is 1. The molecule has 1 aliphatic rings. The smallest absolute Gasteiger partial charge is 0.227 e. The van der Waals surface area contributed by atoms with Gasteiger partial charge in [-0.15, -0.1) is 0 Å². The molecule has 25 heavy (non-hydrogen) atoms. The number of piperazine rings is 1. The molecule has 0 saturated carbocycles. The maximum atomic E-state index is 14.0. The van der Waals surface area contributed by atoms with Crippen molar-refractivity contribution in [1.29, 1.82) is 0 Å². The Kier molecular flexibility index (Phi) is 5.68. The molecule has 0 bridgehead atoms. The Hall–Kier alpha value is -2.37. The fourth-order valence-corrected chi connectivity index (χ4v) is 3.03. The summed E-state index contributed by atoms with van der Waals surface area (Å²) >= 11 is 0. The fourth-order valence-electron chi connectivity index (χ4n) is 3.03. The first-order valence-electron chi connectivity index (χ1n) is 9.01. The molecule has 2 aromatic rings. The Bertz CT molecular complexity index is 698. The van der Waals surface area contributed by atoms with Gasteiger partial charge in [0.05, 0.1) is 5.69 Å². The Morgan fingerprint density at radius 3 is 2.52 bits per heavy atom. The van der Waals surface area contributed by atoms with Gasteiger partial charge in [0.1, 0.15) is 11.6 Å². The van der Waals surface area contributed by atoms with Crippen molar-refractivity contribution in [2.24, 2.45) is 0 Å². The minimum atomic E-state index is -0.162. The van der Waals surface area contributed by atoms with E-state index in [0.717, 1.165) is 63.0 Å². The minimum Gasteiger partial charge on any atom is -0.370 e. The molecule has 1 N–H and O–H groups in total. The number of rotatable bonds is 6. The van der Waals surface area contributed by atoms with E-state index in [1.54, 1.807) is 6.07 Å². The second-order valence-corrected chi connectivity index (χ2v) is 6.40. The molecule has 0 amide bonds. The molecule has 0 aliphatic carbocycles. The number of unbranched alkanes of at least 4 members (excludes halogenated alkanes) is 1. The molecule has 0 unspecified atom stereocenters. The highest BCUT2D eigenvalue weighted by molar-refractivity contribution is 5.50. The molecule has 1 fully saturated rings. The van der Waals surface area contributed by atoms with Gasteiger partial charge in [0.15, 0.2) is 0 Å². The zero-order valence-electron chi connectivity index (χ0n) is 15.0. The van der Waals surface area contributed by atoms with E-state index in [2.05, 4.69) is 32.0 Å². The molecule has 0 atom stereocenters. The molecule has 3 rings (SSSR count). The second-order valence-electron chi connectivity index (χ2n) is 6.40. The Morgan fingerprint density at radius 1 is 1.08 bits per heavy atom.